The molecule has 0 aliphatic heterocycles. The van der Waals surface area contributed by atoms with Crippen LogP contribution in [0.5, 0.6) is 0 Å². The fraction of sp³-hybridized carbons (Fsp3) is 0.783. The minimum Gasteiger partial charge on any atom is -0.481 e. The van der Waals surface area contributed by atoms with Gasteiger partial charge in [-0.25, -0.2) is 0 Å². The molecule has 1 saturated carbocycles. The lowest BCUT2D eigenvalue weighted by Crippen LogP contribution is -2.21. The van der Waals surface area contributed by atoms with E-state index in [1.54, 1.807) is 13.0 Å². The fourth-order valence-electron chi connectivity index (χ4n) is 3.84. The number of carboxylic acid groups (broad SMARTS) is 1. The molecule has 4 unspecified atom stereocenters. The van der Waals surface area contributed by atoms with E-state index in [0.717, 1.165) is 24.7 Å². The molecule has 3 nitrogen and oxygen atoms in total. The minimum absolute atomic E-state index is 0.0512. The quantitative estimate of drug-likeness (QED) is 0.304. The number of aliphatic carboxylic acids is 1. The van der Waals surface area contributed by atoms with Crippen molar-refractivity contribution < 1.29 is 14.6 Å². The van der Waals surface area contributed by atoms with Gasteiger partial charge in [0.2, 0.25) is 0 Å². The first-order chi connectivity index (χ1) is 12.6. The Morgan fingerprint density at radius 1 is 1.19 bits per heavy atom. The molecule has 0 saturated heterocycles. The van der Waals surface area contributed by atoms with Crippen molar-refractivity contribution in [2.45, 2.75) is 90.6 Å². The van der Waals surface area contributed by atoms with E-state index in [9.17, 15) is 4.79 Å². The number of hydrogen-bond donors (Lipinski definition) is 1. The molecule has 1 N–H and O–H groups in total. The van der Waals surface area contributed by atoms with E-state index in [-0.39, 0.29) is 12.0 Å². The van der Waals surface area contributed by atoms with Gasteiger partial charge in [0.15, 0.2) is 0 Å². The van der Waals surface area contributed by atoms with Crippen LogP contribution in [-0.4, -0.2) is 23.8 Å². The fourth-order valence-corrected chi connectivity index (χ4v) is 3.84. The number of carbonyl (C=O) groups is 1. The number of allylic oxidation sites excluding steroid dienone is 2. The van der Waals surface area contributed by atoms with E-state index in [1.807, 2.05) is 0 Å². The van der Waals surface area contributed by atoms with Crippen LogP contribution in [0.15, 0.2) is 24.8 Å². The summed E-state index contributed by atoms with van der Waals surface area (Å²) in [7, 11) is 0. The minimum atomic E-state index is -0.741. The van der Waals surface area contributed by atoms with Crippen molar-refractivity contribution >= 4 is 5.97 Å². The Morgan fingerprint density at radius 3 is 2.27 bits per heavy atom. The first-order valence-corrected chi connectivity index (χ1v) is 10.7. The second-order valence-corrected chi connectivity index (χ2v) is 7.99. The topological polar surface area (TPSA) is 46.5 Å². The zero-order chi connectivity index (χ0) is 19.2. The summed E-state index contributed by atoms with van der Waals surface area (Å²) in [6.07, 6.45) is 20.0. The Kier molecular flexibility index (Phi) is 12.4. The maximum Gasteiger partial charge on any atom is 0.306 e. The van der Waals surface area contributed by atoms with E-state index in [2.05, 4.69) is 25.7 Å². The molecule has 4 atom stereocenters. The second-order valence-electron chi connectivity index (χ2n) is 7.99. The molecule has 2 aliphatic carbocycles. The van der Waals surface area contributed by atoms with Crippen molar-refractivity contribution in [3.63, 3.8) is 0 Å². The lowest BCUT2D eigenvalue weighted by molar-refractivity contribution is -0.142. The summed E-state index contributed by atoms with van der Waals surface area (Å²) in [5.74, 6) is 0.903. The van der Waals surface area contributed by atoms with E-state index in [1.165, 1.54) is 51.4 Å². The van der Waals surface area contributed by atoms with Crippen LogP contribution < -0.4 is 0 Å². The maximum absolute atomic E-state index is 10.9. The van der Waals surface area contributed by atoms with Gasteiger partial charge in [0.05, 0.1) is 18.6 Å². The highest BCUT2D eigenvalue weighted by atomic mass is 16.5. The van der Waals surface area contributed by atoms with Crippen LogP contribution in [-0.2, 0) is 9.53 Å². The molecule has 0 spiro atoms. The third kappa shape index (κ3) is 10.2. The number of rotatable bonds is 13. The summed E-state index contributed by atoms with van der Waals surface area (Å²) in [4.78, 5) is 10.9. The molecule has 2 rings (SSSR count). The third-order valence-corrected chi connectivity index (χ3v) is 5.54. The van der Waals surface area contributed by atoms with Crippen molar-refractivity contribution in [2.75, 3.05) is 6.61 Å². The summed E-state index contributed by atoms with van der Waals surface area (Å²) in [6, 6.07) is 0. The van der Waals surface area contributed by atoms with Crippen LogP contribution in [0.1, 0.15) is 84.5 Å². The zero-order valence-corrected chi connectivity index (χ0v) is 17.0. The van der Waals surface area contributed by atoms with Gasteiger partial charge in [0, 0.05) is 0 Å². The second kappa shape index (κ2) is 14.0. The van der Waals surface area contributed by atoms with E-state index >= 15 is 0 Å². The van der Waals surface area contributed by atoms with Crippen molar-refractivity contribution in [1.29, 1.82) is 0 Å². The predicted octanol–water partition coefficient (Wildman–Crippen LogP) is 6.39. The molecule has 150 valence electrons. The summed E-state index contributed by atoms with van der Waals surface area (Å²) in [5.41, 5.74) is 0. The van der Waals surface area contributed by atoms with Gasteiger partial charge in [-0.2, -0.15) is 0 Å². The molecule has 0 aromatic rings. The molecule has 2 bridgehead atoms. The third-order valence-electron chi connectivity index (χ3n) is 5.54. The molecule has 0 radical (unpaired) electrons. The highest BCUT2D eigenvalue weighted by Crippen LogP contribution is 2.38. The highest BCUT2D eigenvalue weighted by Gasteiger charge is 2.25. The number of unbranched alkanes of at least 4 members (excludes halogenated alkanes) is 5. The molecule has 0 heterocycles. The summed E-state index contributed by atoms with van der Waals surface area (Å²) in [5, 5.41) is 8.95. The summed E-state index contributed by atoms with van der Waals surface area (Å²) < 4.78 is 5.66. The molecule has 3 heteroatoms. The normalized spacial score (nSPS) is 22.5. The van der Waals surface area contributed by atoms with E-state index in [0.29, 0.717) is 13.0 Å². The lowest BCUT2D eigenvalue weighted by Gasteiger charge is -2.19. The van der Waals surface area contributed by atoms with Gasteiger partial charge in [-0.15, -0.1) is 6.58 Å². The van der Waals surface area contributed by atoms with Crippen LogP contribution in [0.4, 0.5) is 0 Å². The highest BCUT2D eigenvalue weighted by molar-refractivity contribution is 5.69. The maximum atomic E-state index is 10.9. The lowest BCUT2D eigenvalue weighted by atomic mass is 9.99. The number of fused-ring (bicyclic) bond motifs is 2. The van der Waals surface area contributed by atoms with Crippen LogP contribution in [0.3, 0.4) is 0 Å². The first kappa shape index (κ1) is 23.0. The van der Waals surface area contributed by atoms with E-state index in [4.69, 9.17) is 9.84 Å². The molecular formula is C23H40O3. The van der Waals surface area contributed by atoms with Gasteiger partial charge in [0.25, 0.3) is 0 Å². The predicted molar refractivity (Wildman–Crippen MR) is 109 cm³/mol. The van der Waals surface area contributed by atoms with Crippen LogP contribution in [0.2, 0.25) is 0 Å². The number of ether oxygens (including phenoxy) is 1. The number of carboxylic acids is 1. The van der Waals surface area contributed by atoms with Crippen molar-refractivity contribution in [2.24, 2.45) is 17.8 Å². The van der Waals surface area contributed by atoms with Gasteiger partial charge in [-0.3, -0.25) is 4.79 Å². The molecule has 26 heavy (non-hydrogen) atoms. The molecule has 2 aliphatic rings. The van der Waals surface area contributed by atoms with Gasteiger partial charge < -0.3 is 9.84 Å². The SMILES string of the molecule is C1=CC2CCC1C2.C=CCOC(CCCCCCCC)CC(C)C(=O)O. The Hall–Kier alpha value is -1.09. The average molecular weight is 365 g/mol. The Balaban J connectivity index is 0.000000389. The molecule has 1 fully saturated rings. The summed E-state index contributed by atoms with van der Waals surface area (Å²) >= 11 is 0. The molecule has 0 aromatic heterocycles. The molecular weight excluding hydrogens is 324 g/mol. The molecule has 0 amide bonds. The van der Waals surface area contributed by atoms with Crippen molar-refractivity contribution in [1.82, 2.24) is 0 Å². The van der Waals surface area contributed by atoms with Gasteiger partial charge >= 0.3 is 5.97 Å². The van der Waals surface area contributed by atoms with Crippen LogP contribution in [0.25, 0.3) is 0 Å². The van der Waals surface area contributed by atoms with Crippen LogP contribution >= 0.6 is 0 Å². The van der Waals surface area contributed by atoms with E-state index < -0.39 is 5.97 Å². The zero-order valence-electron chi connectivity index (χ0n) is 17.0. The smallest absolute Gasteiger partial charge is 0.306 e. The first-order valence-electron chi connectivity index (χ1n) is 10.7. The molecule has 0 aromatic carbocycles. The van der Waals surface area contributed by atoms with Crippen molar-refractivity contribution in [3.8, 4) is 0 Å². The van der Waals surface area contributed by atoms with Gasteiger partial charge in [0.1, 0.15) is 0 Å². The van der Waals surface area contributed by atoms with Crippen LogP contribution in [0, 0.1) is 17.8 Å². The average Bonchev–Trinajstić information content (AvgIpc) is 3.28. The Morgan fingerprint density at radius 2 is 1.81 bits per heavy atom. The standard InChI is InChI=1S/C16H30O3.C7H10/c1-4-6-7-8-9-10-11-15(19-12-5-2)13-14(3)16(17)18;1-2-7-4-3-6(1)5-7/h5,14-15H,2,4,6-13H2,1,3H3,(H,17,18);1-2,6-7H,3-5H2. The van der Waals surface area contributed by atoms with Crippen molar-refractivity contribution in [3.05, 3.63) is 24.8 Å². The summed E-state index contributed by atoms with van der Waals surface area (Å²) in [6.45, 7) is 8.10. The monoisotopic (exact) mass is 364 g/mol. The Bertz CT molecular complexity index is 404. The largest absolute Gasteiger partial charge is 0.481 e. The number of hydrogen-bond acceptors (Lipinski definition) is 2. The Labute approximate surface area is 160 Å². The van der Waals surface area contributed by atoms with Gasteiger partial charge in [-0.1, -0.05) is 70.6 Å². The van der Waals surface area contributed by atoms with Gasteiger partial charge in [-0.05, 0) is 43.9 Å².